The highest BCUT2D eigenvalue weighted by Crippen LogP contribution is 2.33. The second-order valence-corrected chi connectivity index (χ2v) is 9.56. The molecule has 0 unspecified atom stereocenters. The normalized spacial score (nSPS) is 11.6. The number of nitrogens with zero attached hydrogens (tertiary/aromatic N) is 1. The van der Waals surface area contributed by atoms with Crippen molar-refractivity contribution >= 4 is 61.8 Å². The maximum Gasteiger partial charge on any atom is 0.267 e. The van der Waals surface area contributed by atoms with Gasteiger partial charge in [-0.05, 0) is 74.9 Å². The number of anilines is 1. The molecule has 3 aromatic carbocycles. The van der Waals surface area contributed by atoms with Crippen LogP contribution >= 0.6 is 39.1 Å². The van der Waals surface area contributed by atoms with Gasteiger partial charge in [-0.15, -0.1) is 0 Å². The lowest BCUT2D eigenvalue weighted by Crippen LogP contribution is -2.42. The van der Waals surface area contributed by atoms with Crippen molar-refractivity contribution in [3.8, 4) is 17.2 Å². The molecular weight excluding hydrogens is 515 g/mol. The zero-order chi connectivity index (χ0) is 23.0. The lowest BCUT2D eigenvalue weighted by Gasteiger charge is -2.26. The molecule has 5 nitrogen and oxygen atoms in total. The van der Waals surface area contributed by atoms with E-state index in [-0.39, 0.29) is 5.91 Å². The molecule has 1 amide bonds. The largest absolute Gasteiger partial charge is 0.478 e. The molecule has 0 radical (unpaired) electrons. The number of halogens is 3. The summed E-state index contributed by atoms with van der Waals surface area (Å²) in [5.74, 6) is 0.693. The highest BCUT2D eigenvalue weighted by atomic mass is 79.9. The van der Waals surface area contributed by atoms with Crippen molar-refractivity contribution in [1.82, 2.24) is 4.98 Å². The molecule has 0 aliphatic rings. The molecule has 8 heteroatoms. The molecule has 0 atom stereocenters. The van der Waals surface area contributed by atoms with Crippen LogP contribution < -0.4 is 10.1 Å². The van der Waals surface area contributed by atoms with E-state index in [0.29, 0.717) is 44.0 Å². The summed E-state index contributed by atoms with van der Waals surface area (Å²) in [5.41, 5.74) is 2.14. The van der Waals surface area contributed by atoms with Crippen LogP contribution in [0.3, 0.4) is 0 Å². The fourth-order valence-corrected chi connectivity index (χ4v) is 3.87. The summed E-state index contributed by atoms with van der Waals surface area (Å²) in [7, 11) is 0. The van der Waals surface area contributed by atoms with Gasteiger partial charge in [-0.2, -0.15) is 0 Å². The third-order valence-corrected chi connectivity index (χ3v) is 5.90. The predicted molar refractivity (Wildman–Crippen MR) is 132 cm³/mol. The Morgan fingerprint density at radius 2 is 1.81 bits per heavy atom. The molecule has 0 saturated heterocycles. The average molecular weight is 534 g/mol. The summed E-state index contributed by atoms with van der Waals surface area (Å²) < 4.78 is 12.7. The smallest absolute Gasteiger partial charge is 0.267 e. The fourth-order valence-electron chi connectivity index (χ4n) is 3.09. The van der Waals surface area contributed by atoms with E-state index in [1.165, 1.54) is 0 Å². The minimum Gasteiger partial charge on any atom is -0.478 e. The second-order valence-electron chi connectivity index (χ2n) is 7.80. The number of ether oxygens (including phenoxy) is 1. The third-order valence-electron chi connectivity index (χ3n) is 4.88. The number of oxazole rings is 1. The van der Waals surface area contributed by atoms with Crippen LogP contribution in [0.1, 0.15) is 19.4 Å². The maximum atomic E-state index is 13.0. The molecule has 32 heavy (non-hydrogen) atoms. The summed E-state index contributed by atoms with van der Waals surface area (Å²) in [6.45, 7) is 5.34. The first-order valence-corrected chi connectivity index (χ1v) is 11.3. The number of aryl methyl sites for hydroxylation is 1. The SMILES string of the molecule is Cc1ccc(-c2nc3cc(Cl)cc(Cl)c3o2)cc1NC(=O)C(C)(C)Oc1ccc(Br)cc1. The number of benzene rings is 3. The first kappa shape index (κ1) is 22.6. The van der Waals surface area contributed by atoms with E-state index in [2.05, 4.69) is 26.2 Å². The number of hydrogen-bond acceptors (Lipinski definition) is 4. The second kappa shape index (κ2) is 8.77. The van der Waals surface area contributed by atoms with Crippen molar-refractivity contribution in [2.45, 2.75) is 26.4 Å². The van der Waals surface area contributed by atoms with Crippen LogP contribution in [-0.2, 0) is 4.79 Å². The molecule has 4 aromatic rings. The van der Waals surface area contributed by atoms with Crippen LogP contribution in [0.5, 0.6) is 5.75 Å². The Morgan fingerprint density at radius 3 is 2.53 bits per heavy atom. The van der Waals surface area contributed by atoms with Gasteiger partial charge in [0.1, 0.15) is 11.3 Å². The van der Waals surface area contributed by atoms with Gasteiger partial charge in [0.2, 0.25) is 5.89 Å². The molecule has 164 valence electrons. The Balaban J connectivity index is 1.59. The van der Waals surface area contributed by atoms with Gasteiger partial charge < -0.3 is 14.5 Å². The van der Waals surface area contributed by atoms with E-state index in [1.807, 2.05) is 37.3 Å². The van der Waals surface area contributed by atoms with Crippen LogP contribution in [0.15, 0.2) is 63.5 Å². The summed E-state index contributed by atoms with van der Waals surface area (Å²) in [5, 5.41) is 3.82. The van der Waals surface area contributed by atoms with Crippen LogP contribution in [0.2, 0.25) is 10.0 Å². The van der Waals surface area contributed by atoms with Gasteiger partial charge in [-0.1, -0.05) is 45.2 Å². The van der Waals surface area contributed by atoms with Crippen LogP contribution in [-0.4, -0.2) is 16.5 Å². The highest BCUT2D eigenvalue weighted by molar-refractivity contribution is 9.10. The van der Waals surface area contributed by atoms with Crippen molar-refractivity contribution in [1.29, 1.82) is 0 Å². The van der Waals surface area contributed by atoms with Crippen LogP contribution in [0.4, 0.5) is 5.69 Å². The number of hydrogen-bond donors (Lipinski definition) is 1. The van der Waals surface area contributed by atoms with Gasteiger partial charge in [0.15, 0.2) is 11.2 Å². The lowest BCUT2D eigenvalue weighted by molar-refractivity contribution is -0.128. The molecule has 0 bridgehead atoms. The molecule has 1 aromatic heterocycles. The minimum atomic E-state index is -1.10. The third kappa shape index (κ3) is 4.77. The molecule has 0 saturated carbocycles. The number of nitrogens with one attached hydrogen (secondary N) is 1. The quantitative estimate of drug-likeness (QED) is 0.286. The van der Waals surface area contributed by atoms with E-state index in [1.54, 1.807) is 38.1 Å². The fraction of sp³-hybridized carbons (Fsp3) is 0.167. The number of rotatable bonds is 5. The van der Waals surface area contributed by atoms with Gasteiger partial charge in [-0.3, -0.25) is 4.79 Å². The van der Waals surface area contributed by atoms with E-state index in [9.17, 15) is 4.79 Å². The Kier molecular flexibility index (Phi) is 6.21. The lowest BCUT2D eigenvalue weighted by atomic mass is 10.1. The van der Waals surface area contributed by atoms with E-state index < -0.39 is 5.60 Å². The van der Waals surface area contributed by atoms with Gasteiger partial charge in [0.25, 0.3) is 5.91 Å². The average Bonchev–Trinajstić information content (AvgIpc) is 3.15. The van der Waals surface area contributed by atoms with Crippen molar-refractivity contribution < 1.29 is 13.9 Å². The zero-order valence-electron chi connectivity index (χ0n) is 17.5. The molecule has 0 spiro atoms. The molecule has 4 rings (SSSR count). The number of aromatic nitrogens is 1. The number of amides is 1. The summed E-state index contributed by atoms with van der Waals surface area (Å²) in [6.07, 6.45) is 0. The summed E-state index contributed by atoms with van der Waals surface area (Å²) in [6, 6.07) is 16.2. The van der Waals surface area contributed by atoms with Crippen molar-refractivity contribution in [3.05, 3.63) is 74.7 Å². The first-order chi connectivity index (χ1) is 15.1. The van der Waals surface area contributed by atoms with Crippen LogP contribution in [0.25, 0.3) is 22.6 Å². The number of fused-ring (bicyclic) bond motifs is 1. The number of carbonyl (C=O) groups is 1. The van der Waals surface area contributed by atoms with Crippen molar-refractivity contribution in [2.75, 3.05) is 5.32 Å². The van der Waals surface area contributed by atoms with Gasteiger partial charge in [-0.25, -0.2) is 4.98 Å². The molecular formula is C24H19BrCl2N2O3. The zero-order valence-corrected chi connectivity index (χ0v) is 20.6. The Morgan fingerprint density at radius 1 is 1.09 bits per heavy atom. The van der Waals surface area contributed by atoms with E-state index >= 15 is 0 Å². The van der Waals surface area contributed by atoms with Crippen molar-refractivity contribution in [3.63, 3.8) is 0 Å². The Labute approximate surface area is 203 Å². The van der Waals surface area contributed by atoms with E-state index in [4.69, 9.17) is 32.4 Å². The van der Waals surface area contributed by atoms with E-state index in [0.717, 1.165) is 10.0 Å². The van der Waals surface area contributed by atoms with Gasteiger partial charge in [0.05, 0.1) is 5.02 Å². The molecule has 0 aliphatic heterocycles. The predicted octanol–water partition coefficient (Wildman–Crippen LogP) is 7.67. The Hall–Kier alpha value is -2.54. The number of carbonyl (C=O) groups excluding carboxylic acids is 1. The van der Waals surface area contributed by atoms with Gasteiger partial charge in [0, 0.05) is 20.7 Å². The molecule has 1 N–H and O–H groups in total. The molecule has 0 fully saturated rings. The summed E-state index contributed by atoms with van der Waals surface area (Å²) in [4.78, 5) is 17.5. The standard InChI is InChI=1S/C24H19BrCl2N2O3/c1-13-4-5-14(22-28-20-12-16(26)11-18(27)21(20)31-22)10-19(13)29-23(30)24(2,3)32-17-8-6-15(25)7-9-17/h4-12H,1-3H3,(H,29,30). The summed E-state index contributed by atoms with van der Waals surface area (Å²) >= 11 is 15.7. The molecule has 0 aliphatic carbocycles. The topological polar surface area (TPSA) is 64.4 Å². The monoisotopic (exact) mass is 532 g/mol. The van der Waals surface area contributed by atoms with Gasteiger partial charge >= 0.3 is 0 Å². The Bertz CT molecular complexity index is 1320. The minimum absolute atomic E-state index is 0.284. The molecule has 1 heterocycles. The maximum absolute atomic E-state index is 13.0. The highest BCUT2D eigenvalue weighted by Gasteiger charge is 2.30. The van der Waals surface area contributed by atoms with Crippen molar-refractivity contribution in [2.24, 2.45) is 0 Å². The van der Waals surface area contributed by atoms with Crippen LogP contribution in [0, 0.1) is 6.92 Å². The first-order valence-electron chi connectivity index (χ1n) is 9.75.